The molecule has 0 radical (unpaired) electrons. The SMILES string of the molecule is C[C@@H]1CN([C@H](C)CO)S(=O)(=O)c2ccc(C#Cc3ccccc3F)cc2O[C@@H]1CN(C)C(=O)c1ccc2c(c1)OCO2. The Morgan fingerprint density at radius 3 is 2.62 bits per heavy atom. The first-order valence-electron chi connectivity index (χ1n) is 13.4. The third kappa shape index (κ3) is 5.92. The van der Waals surface area contributed by atoms with Crippen LogP contribution in [0.4, 0.5) is 4.39 Å². The van der Waals surface area contributed by atoms with Crippen molar-refractivity contribution in [2.24, 2.45) is 5.92 Å². The van der Waals surface area contributed by atoms with E-state index in [4.69, 9.17) is 14.2 Å². The monoisotopic (exact) mass is 594 g/mol. The summed E-state index contributed by atoms with van der Waals surface area (Å²) in [6, 6.07) is 14.8. The maximum Gasteiger partial charge on any atom is 0.253 e. The summed E-state index contributed by atoms with van der Waals surface area (Å²) in [6.45, 7) is 3.39. The van der Waals surface area contributed by atoms with Gasteiger partial charge in [-0.15, -0.1) is 0 Å². The lowest BCUT2D eigenvalue weighted by atomic mass is 10.0. The van der Waals surface area contributed by atoms with Crippen LogP contribution in [0.2, 0.25) is 0 Å². The zero-order chi connectivity index (χ0) is 30.0. The molecule has 2 heterocycles. The van der Waals surface area contributed by atoms with Gasteiger partial charge in [-0.25, -0.2) is 12.8 Å². The highest BCUT2D eigenvalue weighted by Gasteiger charge is 2.38. The van der Waals surface area contributed by atoms with Gasteiger partial charge in [0.25, 0.3) is 5.91 Å². The largest absolute Gasteiger partial charge is 0.487 e. The average Bonchev–Trinajstić information content (AvgIpc) is 3.45. The lowest BCUT2D eigenvalue weighted by molar-refractivity contribution is 0.0563. The highest BCUT2D eigenvalue weighted by molar-refractivity contribution is 7.89. The number of aliphatic hydroxyl groups excluding tert-OH is 1. The Balaban J connectivity index is 1.48. The number of carbonyl (C=O) groups excluding carboxylic acids is 1. The number of benzene rings is 3. The fourth-order valence-electron chi connectivity index (χ4n) is 4.83. The van der Waals surface area contributed by atoms with Crippen molar-refractivity contribution >= 4 is 15.9 Å². The van der Waals surface area contributed by atoms with E-state index in [-0.39, 0.29) is 54.5 Å². The molecule has 3 aromatic rings. The van der Waals surface area contributed by atoms with E-state index in [2.05, 4.69) is 11.8 Å². The quantitative estimate of drug-likeness (QED) is 0.451. The summed E-state index contributed by atoms with van der Waals surface area (Å²) < 4.78 is 59.9. The Bertz CT molecular complexity index is 1670. The molecule has 3 aromatic carbocycles. The van der Waals surface area contributed by atoms with Gasteiger partial charge in [0.15, 0.2) is 11.5 Å². The molecule has 0 saturated heterocycles. The standard InChI is InChI=1S/C31H31FN2O7S/c1-20-16-34(21(2)18-35)42(37,38)30-13-9-22(8-10-23-6-4-5-7-25(23)32)14-28(30)41-29(20)17-33(3)31(36)24-11-12-26-27(15-24)40-19-39-26/h4-7,9,11-15,20-21,29,35H,16-19H2,1-3H3/t20-,21-,29-/m1/s1. The normalized spacial score (nSPS) is 19.7. The van der Waals surface area contributed by atoms with E-state index >= 15 is 0 Å². The van der Waals surface area contributed by atoms with E-state index in [1.807, 2.05) is 6.92 Å². The summed E-state index contributed by atoms with van der Waals surface area (Å²) in [7, 11) is -2.42. The van der Waals surface area contributed by atoms with Crippen LogP contribution in [0.25, 0.3) is 0 Å². The van der Waals surface area contributed by atoms with Crippen molar-refractivity contribution in [1.82, 2.24) is 9.21 Å². The van der Waals surface area contributed by atoms with Gasteiger partial charge in [0.2, 0.25) is 16.8 Å². The number of nitrogens with zero attached hydrogens (tertiary/aromatic N) is 2. The van der Waals surface area contributed by atoms with Crippen molar-refractivity contribution in [3.63, 3.8) is 0 Å². The number of hydrogen-bond donors (Lipinski definition) is 1. The maximum absolute atomic E-state index is 14.1. The summed E-state index contributed by atoms with van der Waals surface area (Å²) in [6.07, 6.45) is -0.620. The minimum Gasteiger partial charge on any atom is -0.487 e. The second-order valence-corrected chi connectivity index (χ2v) is 12.2. The smallest absolute Gasteiger partial charge is 0.253 e. The Kier molecular flexibility index (Phi) is 8.41. The molecule has 5 rings (SSSR count). The van der Waals surface area contributed by atoms with Gasteiger partial charge in [-0.3, -0.25) is 4.79 Å². The third-order valence-electron chi connectivity index (χ3n) is 7.30. The number of aliphatic hydroxyl groups is 1. The predicted octanol–water partition coefficient (Wildman–Crippen LogP) is 3.50. The number of ether oxygens (including phenoxy) is 3. The van der Waals surface area contributed by atoms with E-state index in [0.29, 0.717) is 22.6 Å². The summed E-state index contributed by atoms with van der Waals surface area (Å²) in [5.74, 6) is 5.66. The molecule has 1 N–H and O–H groups in total. The first-order chi connectivity index (χ1) is 20.1. The highest BCUT2D eigenvalue weighted by atomic mass is 32.2. The van der Waals surface area contributed by atoms with Crippen LogP contribution in [-0.4, -0.2) is 74.3 Å². The van der Waals surface area contributed by atoms with Crippen molar-refractivity contribution in [3.05, 3.63) is 83.2 Å². The van der Waals surface area contributed by atoms with Crippen molar-refractivity contribution in [1.29, 1.82) is 0 Å². The van der Waals surface area contributed by atoms with Gasteiger partial charge in [-0.2, -0.15) is 4.31 Å². The summed E-state index contributed by atoms with van der Waals surface area (Å²) in [5, 5.41) is 9.88. The number of rotatable bonds is 5. The van der Waals surface area contributed by atoms with Crippen LogP contribution >= 0.6 is 0 Å². The molecule has 3 atom stereocenters. The first kappa shape index (κ1) is 29.4. The molecular weight excluding hydrogens is 563 g/mol. The molecule has 2 aliphatic rings. The lowest BCUT2D eigenvalue weighted by Gasteiger charge is -2.37. The summed E-state index contributed by atoms with van der Waals surface area (Å²) in [4.78, 5) is 14.8. The van der Waals surface area contributed by atoms with Gasteiger partial charge in [-0.05, 0) is 55.5 Å². The van der Waals surface area contributed by atoms with E-state index < -0.39 is 28.0 Å². The van der Waals surface area contributed by atoms with Gasteiger partial charge in [0.1, 0.15) is 22.6 Å². The van der Waals surface area contributed by atoms with Crippen LogP contribution in [0.3, 0.4) is 0 Å². The minimum atomic E-state index is -4.06. The molecule has 1 amide bonds. The topological polar surface area (TPSA) is 106 Å². The molecule has 0 aromatic heterocycles. The number of likely N-dealkylation sites (N-methyl/N-ethyl adjacent to an activating group) is 1. The van der Waals surface area contributed by atoms with Crippen LogP contribution in [0, 0.1) is 23.6 Å². The summed E-state index contributed by atoms with van der Waals surface area (Å²) in [5.41, 5.74) is 1.03. The Labute approximate surface area is 244 Å². The molecule has 220 valence electrons. The van der Waals surface area contributed by atoms with Crippen molar-refractivity contribution in [3.8, 4) is 29.1 Å². The van der Waals surface area contributed by atoms with Crippen molar-refractivity contribution < 1.29 is 36.9 Å². The van der Waals surface area contributed by atoms with Crippen molar-refractivity contribution in [2.45, 2.75) is 30.9 Å². The second kappa shape index (κ2) is 12.0. The fraction of sp³-hybridized carbons (Fsp3) is 0.323. The molecular formula is C31H31FN2O7S. The van der Waals surface area contributed by atoms with E-state index in [0.717, 1.165) is 0 Å². The number of fused-ring (bicyclic) bond motifs is 2. The van der Waals surface area contributed by atoms with Crippen molar-refractivity contribution in [2.75, 3.05) is 33.5 Å². The minimum absolute atomic E-state index is 0.0611. The molecule has 2 aliphatic heterocycles. The van der Waals surface area contributed by atoms with Crippen LogP contribution in [0.15, 0.2) is 65.6 Å². The zero-order valence-corrected chi connectivity index (χ0v) is 24.2. The number of carbonyl (C=O) groups is 1. The van der Waals surface area contributed by atoms with Crippen LogP contribution in [0.1, 0.15) is 35.3 Å². The maximum atomic E-state index is 14.1. The van der Waals surface area contributed by atoms with Crippen LogP contribution in [0.5, 0.6) is 17.2 Å². The number of halogens is 1. The Morgan fingerprint density at radius 2 is 1.86 bits per heavy atom. The Hall–Kier alpha value is -4.11. The molecule has 0 fully saturated rings. The molecule has 0 aliphatic carbocycles. The van der Waals surface area contributed by atoms with E-state index in [1.54, 1.807) is 50.4 Å². The third-order valence-corrected chi connectivity index (χ3v) is 9.32. The highest BCUT2D eigenvalue weighted by Crippen LogP contribution is 2.35. The van der Waals surface area contributed by atoms with Gasteiger partial charge >= 0.3 is 0 Å². The van der Waals surface area contributed by atoms with Crippen LogP contribution < -0.4 is 14.2 Å². The molecule has 0 bridgehead atoms. The van der Waals surface area contributed by atoms with Gasteiger partial charge in [-0.1, -0.05) is 30.9 Å². The first-order valence-corrected chi connectivity index (χ1v) is 14.9. The zero-order valence-electron chi connectivity index (χ0n) is 23.4. The molecule has 9 nitrogen and oxygen atoms in total. The van der Waals surface area contributed by atoms with Gasteiger partial charge in [0, 0.05) is 36.7 Å². The van der Waals surface area contributed by atoms with E-state index in [9.17, 15) is 22.7 Å². The molecule has 0 spiro atoms. The van der Waals surface area contributed by atoms with Crippen LogP contribution in [-0.2, 0) is 10.0 Å². The molecule has 42 heavy (non-hydrogen) atoms. The molecule has 0 saturated carbocycles. The lowest BCUT2D eigenvalue weighted by Crippen LogP contribution is -2.50. The summed E-state index contributed by atoms with van der Waals surface area (Å²) >= 11 is 0. The molecule has 0 unspecified atom stereocenters. The fourth-order valence-corrected chi connectivity index (χ4v) is 6.65. The van der Waals surface area contributed by atoms with Gasteiger partial charge in [0.05, 0.1) is 18.7 Å². The number of hydrogen-bond acceptors (Lipinski definition) is 7. The van der Waals surface area contributed by atoms with Gasteiger partial charge < -0.3 is 24.2 Å². The molecule has 11 heteroatoms. The second-order valence-electron chi connectivity index (χ2n) is 10.4. The average molecular weight is 595 g/mol. The predicted molar refractivity (Wildman–Crippen MR) is 152 cm³/mol. The van der Waals surface area contributed by atoms with E-state index in [1.165, 1.54) is 33.5 Å². The number of sulfonamides is 1. The Morgan fingerprint density at radius 1 is 1.10 bits per heavy atom. The number of amides is 1.